The summed E-state index contributed by atoms with van der Waals surface area (Å²) in [4.78, 5) is 25.2. The number of hydrogen-bond acceptors (Lipinski definition) is 3. The van der Waals surface area contributed by atoms with Crippen molar-refractivity contribution in [2.24, 2.45) is 5.41 Å². The minimum atomic E-state index is -0.980. The van der Waals surface area contributed by atoms with E-state index in [-0.39, 0.29) is 11.8 Å². The SMILES string of the molecule is CCc1ccc(NC(=O)C2(C(=O)Nc3cccc(OC)c3)CC2)cc1. The van der Waals surface area contributed by atoms with Gasteiger partial charge in [0.25, 0.3) is 0 Å². The number of carbonyl (C=O) groups is 2. The number of amides is 2. The third kappa shape index (κ3) is 3.65. The first-order chi connectivity index (χ1) is 12.1. The fraction of sp³-hybridized carbons (Fsp3) is 0.300. The van der Waals surface area contributed by atoms with Gasteiger partial charge in [0.1, 0.15) is 11.2 Å². The Balaban J connectivity index is 1.67. The van der Waals surface area contributed by atoms with Crippen LogP contribution >= 0.6 is 0 Å². The Morgan fingerprint density at radius 3 is 2.20 bits per heavy atom. The van der Waals surface area contributed by atoms with Crippen LogP contribution in [0.1, 0.15) is 25.3 Å². The molecule has 0 saturated heterocycles. The van der Waals surface area contributed by atoms with Crippen molar-refractivity contribution in [1.29, 1.82) is 0 Å². The molecule has 0 radical (unpaired) electrons. The molecule has 5 heteroatoms. The highest BCUT2D eigenvalue weighted by Gasteiger charge is 2.56. The van der Waals surface area contributed by atoms with Crippen LogP contribution in [0.4, 0.5) is 11.4 Å². The van der Waals surface area contributed by atoms with Crippen molar-refractivity contribution in [3.8, 4) is 5.75 Å². The summed E-state index contributed by atoms with van der Waals surface area (Å²) in [6.07, 6.45) is 2.06. The molecule has 1 saturated carbocycles. The van der Waals surface area contributed by atoms with Gasteiger partial charge in [-0.05, 0) is 49.1 Å². The lowest BCUT2D eigenvalue weighted by Crippen LogP contribution is -2.35. The minimum absolute atomic E-state index is 0.253. The molecule has 2 N–H and O–H groups in total. The highest BCUT2D eigenvalue weighted by atomic mass is 16.5. The van der Waals surface area contributed by atoms with Gasteiger partial charge >= 0.3 is 0 Å². The Morgan fingerprint density at radius 1 is 1.00 bits per heavy atom. The van der Waals surface area contributed by atoms with E-state index >= 15 is 0 Å². The standard InChI is InChI=1S/C20H22N2O3/c1-3-14-7-9-15(10-8-14)21-18(23)20(11-12-20)19(24)22-16-5-4-6-17(13-16)25-2/h4-10,13H,3,11-12H2,1-2H3,(H,21,23)(H,22,24). The fourth-order valence-corrected chi connectivity index (χ4v) is 2.71. The second kappa shape index (κ2) is 6.97. The summed E-state index contributed by atoms with van der Waals surface area (Å²) in [7, 11) is 1.57. The number of ether oxygens (including phenoxy) is 1. The predicted molar refractivity (Wildman–Crippen MR) is 97.7 cm³/mol. The molecule has 130 valence electrons. The number of hydrogen-bond donors (Lipinski definition) is 2. The Labute approximate surface area is 147 Å². The lowest BCUT2D eigenvalue weighted by atomic mass is 10.0. The number of rotatable bonds is 6. The maximum atomic E-state index is 12.6. The monoisotopic (exact) mass is 338 g/mol. The van der Waals surface area contributed by atoms with Crippen molar-refractivity contribution < 1.29 is 14.3 Å². The molecule has 1 fully saturated rings. The van der Waals surface area contributed by atoms with Crippen molar-refractivity contribution in [1.82, 2.24) is 0 Å². The third-order valence-corrected chi connectivity index (χ3v) is 4.57. The van der Waals surface area contributed by atoms with E-state index in [0.717, 1.165) is 6.42 Å². The van der Waals surface area contributed by atoms with Crippen LogP contribution in [0, 0.1) is 5.41 Å². The molecule has 0 bridgehead atoms. The Hall–Kier alpha value is -2.82. The second-order valence-corrected chi connectivity index (χ2v) is 6.27. The van der Waals surface area contributed by atoms with E-state index in [1.54, 1.807) is 31.4 Å². The number of carbonyl (C=O) groups excluding carboxylic acids is 2. The molecule has 2 aromatic rings. The molecule has 0 atom stereocenters. The van der Waals surface area contributed by atoms with E-state index in [2.05, 4.69) is 17.6 Å². The molecule has 5 nitrogen and oxygen atoms in total. The highest BCUT2D eigenvalue weighted by molar-refractivity contribution is 6.16. The lowest BCUT2D eigenvalue weighted by Gasteiger charge is -2.16. The number of nitrogens with one attached hydrogen (secondary N) is 2. The maximum absolute atomic E-state index is 12.6. The number of benzene rings is 2. The van der Waals surface area contributed by atoms with Crippen LogP contribution in [0.15, 0.2) is 48.5 Å². The summed E-state index contributed by atoms with van der Waals surface area (Å²) >= 11 is 0. The molecule has 1 aliphatic carbocycles. The maximum Gasteiger partial charge on any atom is 0.240 e. The van der Waals surface area contributed by atoms with E-state index in [9.17, 15) is 9.59 Å². The van der Waals surface area contributed by atoms with E-state index in [1.165, 1.54) is 5.56 Å². The van der Waals surface area contributed by atoms with Gasteiger partial charge in [0.15, 0.2) is 0 Å². The van der Waals surface area contributed by atoms with Crippen LogP contribution in [0.25, 0.3) is 0 Å². The average molecular weight is 338 g/mol. The topological polar surface area (TPSA) is 67.4 Å². The van der Waals surface area contributed by atoms with Gasteiger partial charge in [-0.1, -0.05) is 25.1 Å². The number of aryl methyl sites for hydroxylation is 1. The van der Waals surface area contributed by atoms with Gasteiger partial charge in [0.05, 0.1) is 7.11 Å². The van der Waals surface area contributed by atoms with Crippen molar-refractivity contribution in [3.05, 3.63) is 54.1 Å². The molecular weight excluding hydrogens is 316 g/mol. The zero-order valence-corrected chi connectivity index (χ0v) is 14.5. The molecule has 0 unspecified atom stereocenters. The molecule has 2 aromatic carbocycles. The Morgan fingerprint density at radius 2 is 1.64 bits per heavy atom. The molecular formula is C20H22N2O3. The second-order valence-electron chi connectivity index (χ2n) is 6.27. The predicted octanol–water partition coefficient (Wildman–Crippen LogP) is 3.62. The van der Waals surface area contributed by atoms with Crippen LogP contribution in [0.5, 0.6) is 5.75 Å². The van der Waals surface area contributed by atoms with Crippen LogP contribution in [0.3, 0.4) is 0 Å². The average Bonchev–Trinajstić information content (AvgIpc) is 3.44. The van der Waals surface area contributed by atoms with Crippen LogP contribution in [-0.4, -0.2) is 18.9 Å². The molecule has 0 spiro atoms. The number of methoxy groups -OCH3 is 1. The van der Waals surface area contributed by atoms with Crippen molar-refractivity contribution in [3.63, 3.8) is 0 Å². The molecule has 0 heterocycles. The van der Waals surface area contributed by atoms with E-state index in [0.29, 0.717) is 30.0 Å². The zero-order valence-electron chi connectivity index (χ0n) is 14.5. The van der Waals surface area contributed by atoms with Gasteiger partial charge in [0, 0.05) is 17.4 Å². The fourth-order valence-electron chi connectivity index (χ4n) is 2.71. The van der Waals surface area contributed by atoms with Gasteiger partial charge in [-0.2, -0.15) is 0 Å². The van der Waals surface area contributed by atoms with Gasteiger partial charge in [-0.15, -0.1) is 0 Å². The first-order valence-corrected chi connectivity index (χ1v) is 8.43. The van der Waals surface area contributed by atoms with E-state index < -0.39 is 5.41 Å². The van der Waals surface area contributed by atoms with Crippen molar-refractivity contribution in [2.75, 3.05) is 17.7 Å². The van der Waals surface area contributed by atoms with E-state index in [1.807, 2.05) is 24.3 Å². The summed E-state index contributed by atoms with van der Waals surface area (Å²) in [6, 6.07) is 14.8. The van der Waals surface area contributed by atoms with Gasteiger partial charge in [-0.3, -0.25) is 9.59 Å². The van der Waals surface area contributed by atoms with Gasteiger partial charge in [-0.25, -0.2) is 0 Å². The van der Waals surface area contributed by atoms with Crippen LogP contribution < -0.4 is 15.4 Å². The van der Waals surface area contributed by atoms with E-state index in [4.69, 9.17) is 4.74 Å². The van der Waals surface area contributed by atoms with Gasteiger partial charge < -0.3 is 15.4 Å². The van der Waals surface area contributed by atoms with Crippen molar-refractivity contribution in [2.45, 2.75) is 26.2 Å². The van der Waals surface area contributed by atoms with Crippen molar-refractivity contribution >= 4 is 23.2 Å². The molecule has 25 heavy (non-hydrogen) atoms. The summed E-state index contributed by atoms with van der Waals surface area (Å²) in [5.41, 5.74) is 1.56. The summed E-state index contributed by atoms with van der Waals surface area (Å²) in [5.74, 6) is 0.128. The summed E-state index contributed by atoms with van der Waals surface area (Å²) in [6.45, 7) is 2.08. The highest BCUT2D eigenvalue weighted by Crippen LogP contribution is 2.47. The molecule has 3 rings (SSSR count). The quantitative estimate of drug-likeness (QED) is 0.791. The largest absolute Gasteiger partial charge is 0.497 e. The first kappa shape index (κ1) is 17.0. The normalized spacial score (nSPS) is 14.5. The minimum Gasteiger partial charge on any atom is -0.497 e. The molecule has 0 aromatic heterocycles. The lowest BCUT2D eigenvalue weighted by molar-refractivity contribution is -0.131. The Kier molecular flexibility index (Phi) is 4.74. The Bertz CT molecular complexity index is 780. The van der Waals surface area contributed by atoms with Crippen LogP contribution in [0.2, 0.25) is 0 Å². The number of anilines is 2. The third-order valence-electron chi connectivity index (χ3n) is 4.57. The van der Waals surface area contributed by atoms with Gasteiger partial charge in [0.2, 0.25) is 11.8 Å². The molecule has 2 amide bonds. The molecule has 0 aliphatic heterocycles. The zero-order chi connectivity index (χ0) is 17.9. The smallest absolute Gasteiger partial charge is 0.240 e. The summed E-state index contributed by atoms with van der Waals surface area (Å²) < 4.78 is 5.15. The first-order valence-electron chi connectivity index (χ1n) is 8.43. The summed E-state index contributed by atoms with van der Waals surface area (Å²) in [5, 5.41) is 5.69. The molecule has 1 aliphatic rings. The van der Waals surface area contributed by atoms with Crippen LogP contribution in [-0.2, 0) is 16.0 Å².